The average Bonchev–Trinajstić information content (AvgIpc) is 1.99. The molecule has 0 saturated carbocycles. The van der Waals surface area contributed by atoms with Crippen LogP contribution in [0.2, 0.25) is 0 Å². The molecule has 0 aliphatic heterocycles. The van der Waals surface area contributed by atoms with E-state index in [0.29, 0.717) is 11.4 Å². The number of amidine groups is 1. The van der Waals surface area contributed by atoms with Crippen molar-refractivity contribution < 1.29 is 4.79 Å². The van der Waals surface area contributed by atoms with Crippen molar-refractivity contribution in [2.45, 2.75) is 13.8 Å². The molecule has 0 radical (unpaired) electrons. The van der Waals surface area contributed by atoms with Crippen molar-refractivity contribution in [2.75, 3.05) is 0 Å². The van der Waals surface area contributed by atoms with Crippen LogP contribution in [-0.4, -0.2) is 18.8 Å². The van der Waals surface area contributed by atoms with Gasteiger partial charge in [-0.1, -0.05) is 0 Å². The van der Waals surface area contributed by atoms with E-state index in [2.05, 4.69) is 16.7 Å². The molecule has 54 valence electrons. The molecule has 0 unspecified atom stereocenters. The lowest BCUT2D eigenvalue weighted by Gasteiger charge is -1.84. The normalized spacial score (nSPS) is 13.0. The number of allylic oxidation sites excluding steroid dienone is 1. The van der Waals surface area contributed by atoms with E-state index >= 15 is 0 Å². The van der Waals surface area contributed by atoms with Crippen LogP contribution in [0.1, 0.15) is 13.8 Å². The molecule has 0 heterocycles. The van der Waals surface area contributed by atoms with E-state index in [9.17, 15) is 4.79 Å². The van der Waals surface area contributed by atoms with E-state index in [1.807, 2.05) is 0 Å². The number of aldehydes is 1. The third-order valence-corrected chi connectivity index (χ3v) is 0.870. The Bertz CT molecular complexity index is 170. The summed E-state index contributed by atoms with van der Waals surface area (Å²) in [6.07, 6.45) is 2.19. The minimum absolute atomic E-state index is 0.557. The molecule has 0 bridgehead atoms. The molecule has 0 aliphatic rings. The highest BCUT2D eigenvalue weighted by molar-refractivity contribution is 5.84. The molecule has 0 saturated heterocycles. The maximum Gasteiger partial charge on any atom is 0.147 e. The highest BCUT2D eigenvalue weighted by Crippen LogP contribution is 1.87. The zero-order valence-electron chi connectivity index (χ0n) is 6.16. The molecular formula is C7H10N2O. The first-order chi connectivity index (χ1) is 4.70. The van der Waals surface area contributed by atoms with Gasteiger partial charge in [0.2, 0.25) is 0 Å². The molecule has 0 spiro atoms. The lowest BCUT2D eigenvalue weighted by atomic mass is 10.4. The quantitative estimate of drug-likeness (QED) is 0.245. The third-order valence-electron chi connectivity index (χ3n) is 0.870. The lowest BCUT2D eigenvalue weighted by Crippen LogP contribution is -1.81. The van der Waals surface area contributed by atoms with Crippen LogP contribution >= 0.6 is 0 Å². The lowest BCUT2D eigenvalue weighted by molar-refractivity contribution is -0.104. The fourth-order valence-electron chi connectivity index (χ4n) is 0.266. The second kappa shape index (κ2) is 4.61. The topological polar surface area (TPSA) is 41.8 Å². The Labute approximate surface area is 60.2 Å². The van der Waals surface area contributed by atoms with E-state index in [1.54, 1.807) is 13.8 Å². The van der Waals surface area contributed by atoms with E-state index in [1.165, 1.54) is 6.20 Å². The van der Waals surface area contributed by atoms with E-state index in [0.717, 1.165) is 6.29 Å². The zero-order valence-corrected chi connectivity index (χ0v) is 6.16. The molecule has 0 aromatic rings. The summed E-state index contributed by atoms with van der Waals surface area (Å²) in [7, 11) is 0. The molecule has 0 fully saturated rings. The van der Waals surface area contributed by atoms with Crippen LogP contribution in [0.4, 0.5) is 0 Å². The van der Waals surface area contributed by atoms with Gasteiger partial charge < -0.3 is 0 Å². The highest BCUT2D eigenvalue weighted by Gasteiger charge is 1.81. The van der Waals surface area contributed by atoms with Gasteiger partial charge in [0, 0.05) is 11.8 Å². The number of nitrogens with zero attached hydrogens (tertiary/aromatic N) is 2. The van der Waals surface area contributed by atoms with Gasteiger partial charge in [-0.3, -0.25) is 4.79 Å². The molecule has 0 aromatic carbocycles. The summed E-state index contributed by atoms with van der Waals surface area (Å²) in [4.78, 5) is 17.4. The summed E-state index contributed by atoms with van der Waals surface area (Å²) < 4.78 is 0. The second-order valence-electron chi connectivity index (χ2n) is 1.83. The number of hydrogen-bond acceptors (Lipinski definition) is 2. The molecule has 0 atom stereocenters. The summed E-state index contributed by atoms with van der Waals surface area (Å²) >= 11 is 0. The second-order valence-corrected chi connectivity index (χ2v) is 1.83. The Hall–Kier alpha value is -1.25. The first-order valence-electron chi connectivity index (χ1n) is 2.83. The van der Waals surface area contributed by atoms with Gasteiger partial charge in [0.15, 0.2) is 0 Å². The summed E-state index contributed by atoms with van der Waals surface area (Å²) in [5.41, 5.74) is 0.572. The van der Waals surface area contributed by atoms with Crippen LogP contribution in [0.25, 0.3) is 0 Å². The standard InChI is InChI=1S/C7H10N2O/c1-6(5-10)4-9-7(2)8-3/h4-5H,3H2,1-2H3/b6-4+,9-7-. The van der Waals surface area contributed by atoms with E-state index < -0.39 is 0 Å². The summed E-state index contributed by atoms with van der Waals surface area (Å²) in [6, 6.07) is 0. The number of aliphatic imine (C=N–C) groups is 2. The molecule has 0 N–H and O–H groups in total. The van der Waals surface area contributed by atoms with Crippen LogP contribution < -0.4 is 0 Å². The molecule has 0 rings (SSSR count). The SMILES string of the molecule is C=N/C(C)=N\C=C(/C)C=O. The minimum atomic E-state index is 0.557. The van der Waals surface area contributed by atoms with E-state index in [-0.39, 0.29) is 0 Å². The van der Waals surface area contributed by atoms with Crippen molar-refractivity contribution in [2.24, 2.45) is 9.98 Å². The number of carbonyl (C=O) groups excluding carboxylic acids is 1. The highest BCUT2D eigenvalue weighted by atomic mass is 16.1. The van der Waals surface area contributed by atoms with Gasteiger partial charge in [0.25, 0.3) is 0 Å². The van der Waals surface area contributed by atoms with Crippen molar-refractivity contribution >= 4 is 18.8 Å². The monoisotopic (exact) mass is 138 g/mol. The summed E-state index contributed by atoms with van der Waals surface area (Å²) in [6.45, 7) is 6.65. The molecule has 3 nitrogen and oxygen atoms in total. The molecule has 0 aliphatic carbocycles. The van der Waals surface area contributed by atoms with Gasteiger partial charge in [-0.15, -0.1) is 0 Å². The minimum Gasteiger partial charge on any atom is -0.298 e. The van der Waals surface area contributed by atoms with Crippen molar-refractivity contribution in [3.05, 3.63) is 11.8 Å². The van der Waals surface area contributed by atoms with Crippen molar-refractivity contribution in [3.63, 3.8) is 0 Å². The Morgan fingerprint density at radius 2 is 2.10 bits per heavy atom. The fourth-order valence-corrected chi connectivity index (χ4v) is 0.266. The fraction of sp³-hybridized carbons (Fsp3) is 0.286. The Balaban J connectivity index is 4.16. The number of carbonyl (C=O) groups is 1. The molecular weight excluding hydrogens is 128 g/mol. The van der Waals surface area contributed by atoms with Crippen LogP contribution in [0.15, 0.2) is 21.8 Å². The Kier molecular flexibility index (Phi) is 4.04. The number of rotatable bonds is 2. The van der Waals surface area contributed by atoms with E-state index in [4.69, 9.17) is 0 Å². The van der Waals surface area contributed by atoms with Gasteiger partial charge >= 0.3 is 0 Å². The summed E-state index contributed by atoms with van der Waals surface area (Å²) in [5, 5.41) is 0. The maximum absolute atomic E-state index is 10.0. The summed E-state index contributed by atoms with van der Waals surface area (Å²) in [5.74, 6) is 0.557. The van der Waals surface area contributed by atoms with Crippen molar-refractivity contribution in [1.29, 1.82) is 0 Å². The Morgan fingerprint density at radius 1 is 1.50 bits per heavy atom. The maximum atomic E-state index is 10.0. The smallest absolute Gasteiger partial charge is 0.147 e. The van der Waals surface area contributed by atoms with Gasteiger partial charge in [-0.25, -0.2) is 9.98 Å². The largest absolute Gasteiger partial charge is 0.298 e. The molecule has 3 heteroatoms. The van der Waals surface area contributed by atoms with Gasteiger partial charge in [-0.2, -0.15) is 0 Å². The third kappa shape index (κ3) is 3.72. The predicted molar refractivity (Wildman–Crippen MR) is 42.5 cm³/mol. The molecule has 0 aromatic heterocycles. The van der Waals surface area contributed by atoms with Crippen LogP contribution in [-0.2, 0) is 4.79 Å². The first-order valence-corrected chi connectivity index (χ1v) is 2.83. The number of hydrogen-bond donors (Lipinski definition) is 0. The zero-order chi connectivity index (χ0) is 7.98. The van der Waals surface area contributed by atoms with Gasteiger partial charge in [0.05, 0.1) is 0 Å². The Morgan fingerprint density at radius 3 is 2.50 bits per heavy atom. The molecule has 10 heavy (non-hydrogen) atoms. The van der Waals surface area contributed by atoms with Crippen LogP contribution in [0.3, 0.4) is 0 Å². The van der Waals surface area contributed by atoms with Crippen molar-refractivity contribution in [1.82, 2.24) is 0 Å². The van der Waals surface area contributed by atoms with Crippen LogP contribution in [0.5, 0.6) is 0 Å². The average molecular weight is 138 g/mol. The van der Waals surface area contributed by atoms with Gasteiger partial charge in [0.1, 0.15) is 12.1 Å². The van der Waals surface area contributed by atoms with Crippen molar-refractivity contribution in [3.8, 4) is 0 Å². The molecule has 0 amide bonds. The van der Waals surface area contributed by atoms with Gasteiger partial charge in [-0.05, 0) is 20.6 Å². The van der Waals surface area contributed by atoms with Crippen LogP contribution in [0, 0.1) is 0 Å². The first kappa shape index (κ1) is 8.75. The predicted octanol–water partition coefficient (Wildman–Crippen LogP) is 1.21.